The summed E-state index contributed by atoms with van der Waals surface area (Å²) in [6.07, 6.45) is 1.53. The Labute approximate surface area is 165 Å². The van der Waals surface area contributed by atoms with E-state index in [0.29, 0.717) is 24.5 Å². The van der Waals surface area contributed by atoms with Crippen LogP contribution in [0.1, 0.15) is 16.9 Å². The molecule has 2 aromatic heterocycles. The molecule has 0 aliphatic carbocycles. The van der Waals surface area contributed by atoms with Crippen LogP contribution in [0.15, 0.2) is 51.6 Å². The van der Waals surface area contributed by atoms with Gasteiger partial charge in [-0.3, -0.25) is 15.0 Å². The van der Waals surface area contributed by atoms with Crippen molar-refractivity contribution in [3.63, 3.8) is 0 Å². The molecule has 1 atom stereocenters. The van der Waals surface area contributed by atoms with Gasteiger partial charge in [0.25, 0.3) is 5.91 Å². The van der Waals surface area contributed by atoms with Crippen LogP contribution in [0.3, 0.4) is 0 Å². The van der Waals surface area contributed by atoms with Crippen LogP contribution in [0.5, 0.6) is 5.75 Å². The molecule has 2 aliphatic rings. The van der Waals surface area contributed by atoms with Crippen LogP contribution in [-0.4, -0.2) is 35.6 Å². The topological polar surface area (TPSA) is 110 Å². The second-order valence-corrected chi connectivity index (χ2v) is 7.15. The third-order valence-electron chi connectivity index (χ3n) is 5.31. The number of fused-ring (bicyclic) bond motifs is 1. The highest BCUT2D eigenvalue weighted by Gasteiger charge is 2.52. The van der Waals surface area contributed by atoms with Crippen LogP contribution in [0.4, 0.5) is 4.79 Å². The molecule has 1 saturated heterocycles. The van der Waals surface area contributed by atoms with E-state index in [4.69, 9.17) is 13.7 Å². The lowest BCUT2D eigenvalue weighted by Crippen LogP contribution is -2.51. The lowest BCUT2D eigenvalue weighted by atomic mass is 9.95. The first kappa shape index (κ1) is 17.5. The number of hydrogen-bond acceptors (Lipinski definition) is 7. The molecule has 3 amide bonds. The van der Waals surface area contributed by atoms with Crippen LogP contribution < -0.4 is 15.4 Å². The molecule has 148 valence electrons. The summed E-state index contributed by atoms with van der Waals surface area (Å²) < 4.78 is 16.1. The molecule has 29 heavy (non-hydrogen) atoms. The predicted octanol–water partition coefficient (Wildman–Crippen LogP) is 1.99. The van der Waals surface area contributed by atoms with E-state index in [2.05, 4.69) is 20.7 Å². The summed E-state index contributed by atoms with van der Waals surface area (Å²) in [5.74, 6) is 1.07. The maximum Gasteiger partial charge on any atom is 0.322 e. The molecule has 2 aliphatic heterocycles. The third-order valence-corrected chi connectivity index (χ3v) is 5.31. The molecule has 1 aromatic carbocycles. The van der Waals surface area contributed by atoms with Crippen molar-refractivity contribution in [3.05, 3.63) is 59.5 Å². The summed E-state index contributed by atoms with van der Waals surface area (Å²) in [6, 6.07) is 10.4. The standard InChI is InChI=1S/C20H18N4O5/c1-27-14-5-4-12-9-24(10-13(12)7-14)11-20(18(25)21-19(26)22-20)17-8-15(23-29-17)16-3-2-6-28-16/h2-8H,9-11H2,1H3,(H2,21,22,25,26)/t20-/m0/s1. The van der Waals surface area contributed by atoms with Gasteiger partial charge in [-0.05, 0) is 35.4 Å². The fraction of sp³-hybridized carbons (Fsp3) is 0.250. The zero-order chi connectivity index (χ0) is 20.0. The highest BCUT2D eigenvalue weighted by Crippen LogP contribution is 2.34. The van der Waals surface area contributed by atoms with Crippen LogP contribution in [0.25, 0.3) is 11.5 Å². The summed E-state index contributed by atoms with van der Waals surface area (Å²) >= 11 is 0. The van der Waals surface area contributed by atoms with Crippen molar-refractivity contribution >= 4 is 11.9 Å². The zero-order valence-corrected chi connectivity index (χ0v) is 15.6. The van der Waals surface area contributed by atoms with Gasteiger partial charge in [-0.1, -0.05) is 11.2 Å². The average Bonchev–Trinajstić information content (AvgIpc) is 3.48. The number of amides is 3. The molecule has 2 N–H and O–H groups in total. The summed E-state index contributed by atoms with van der Waals surface area (Å²) in [7, 11) is 1.63. The number of urea groups is 1. The van der Waals surface area contributed by atoms with E-state index in [1.807, 2.05) is 18.2 Å². The number of benzene rings is 1. The molecule has 0 radical (unpaired) electrons. The number of nitrogens with zero attached hydrogens (tertiary/aromatic N) is 2. The number of rotatable bonds is 5. The van der Waals surface area contributed by atoms with E-state index in [-0.39, 0.29) is 12.3 Å². The van der Waals surface area contributed by atoms with Crippen molar-refractivity contribution in [1.29, 1.82) is 0 Å². The number of aromatic nitrogens is 1. The van der Waals surface area contributed by atoms with Gasteiger partial charge in [0.1, 0.15) is 11.4 Å². The Morgan fingerprint density at radius 3 is 2.79 bits per heavy atom. The van der Waals surface area contributed by atoms with Crippen LogP contribution in [-0.2, 0) is 23.4 Å². The predicted molar refractivity (Wildman–Crippen MR) is 99.7 cm³/mol. The number of nitrogens with one attached hydrogen (secondary N) is 2. The van der Waals surface area contributed by atoms with Crippen molar-refractivity contribution in [2.75, 3.05) is 13.7 Å². The maximum absolute atomic E-state index is 12.8. The molecular weight excluding hydrogens is 376 g/mol. The van der Waals surface area contributed by atoms with Gasteiger partial charge in [-0.15, -0.1) is 0 Å². The van der Waals surface area contributed by atoms with Crippen LogP contribution >= 0.6 is 0 Å². The van der Waals surface area contributed by atoms with E-state index in [0.717, 1.165) is 16.9 Å². The number of carbonyl (C=O) groups excluding carboxylic acids is 2. The van der Waals surface area contributed by atoms with Gasteiger partial charge >= 0.3 is 6.03 Å². The minimum absolute atomic E-state index is 0.231. The summed E-state index contributed by atoms with van der Waals surface area (Å²) in [4.78, 5) is 26.9. The number of ether oxygens (including phenoxy) is 1. The quantitative estimate of drug-likeness (QED) is 0.637. The van der Waals surface area contributed by atoms with Gasteiger partial charge in [0.05, 0.1) is 13.4 Å². The van der Waals surface area contributed by atoms with Crippen molar-refractivity contribution in [2.45, 2.75) is 18.6 Å². The number of imide groups is 1. The summed E-state index contributed by atoms with van der Waals surface area (Å²) in [5.41, 5.74) is 1.35. The number of methoxy groups -OCH3 is 1. The number of carbonyl (C=O) groups is 2. The van der Waals surface area contributed by atoms with Gasteiger partial charge in [0.2, 0.25) is 0 Å². The Morgan fingerprint density at radius 1 is 1.21 bits per heavy atom. The van der Waals surface area contributed by atoms with E-state index >= 15 is 0 Å². The molecule has 1 fully saturated rings. The van der Waals surface area contributed by atoms with Gasteiger partial charge in [-0.2, -0.15) is 0 Å². The number of hydrogen-bond donors (Lipinski definition) is 2. The van der Waals surface area contributed by atoms with Gasteiger partial charge in [0, 0.05) is 25.7 Å². The highest BCUT2D eigenvalue weighted by molar-refractivity contribution is 6.07. The molecule has 0 saturated carbocycles. The van der Waals surface area contributed by atoms with Crippen LogP contribution in [0, 0.1) is 0 Å². The Morgan fingerprint density at radius 2 is 2.07 bits per heavy atom. The number of furan rings is 1. The first-order valence-electron chi connectivity index (χ1n) is 9.10. The Hall–Kier alpha value is -3.59. The minimum atomic E-state index is -1.37. The van der Waals surface area contributed by atoms with Gasteiger partial charge in [-0.25, -0.2) is 4.79 Å². The SMILES string of the molecule is COc1ccc2c(c1)CN(C[C@@]1(c3cc(-c4ccco4)no3)NC(=O)NC1=O)C2. The molecule has 9 nitrogen and oxygen atoms in total. The fourth-order valence-electron chi connectivity index (χ4n) is 3.89. The Kier molecular flexibility index (Phi) is 3.92. The molecular formula is C20H18N4O5. The second kappa shape index (κ2) is 6.49. The molecule has 0 bridgehead atoms. The Bertz CT molecular complexity index is 1090. The maximum atomic E-state index is 12.8. The van der Waals surface area contributed by atoms with E-state index in [1.165, 1.54) is 6.26 Å². The van der Waals surface area contributed by atoms with Crippen molar-refractivity contribution in [1.82, 2.24) is 20.7 Å². The van der Waals surface area contributed by atoms with Crippen LogP contribution in [0.2, 0.25) is 0 Å². The smallest absolute Gasteiger partial charge is 0.322 e. The molecule has 4 heterocycles. The average molecular weight is 394 g/mol. The molecule has 5 rings (SSSR count). The molecule has 0 unspecified atom stereocenters. The molecule has 3 aromatic rings. The van der Waals surface area contributed by atoms with Crippen molar-refractivity contribution in [3.8, 4) is 17.2 Å². The molecule has 0 spiro atoms. The van der Waals surface area contributed by atoms with Crippen molar-refractivity contribution < 1.29 is 23.3 Å². The zero-order valence-electron chi connectivity index (χ0n) is 15.6. The monoisotopic (exact) mass is 394 g/mol. The van der Waals surface area contributed by atoms with Gasteiger partial charge in [0.15, 0.2) is 17.1 Å². The molecule has 9 heteroatoms. The third kappa shape index (κ3) is 2.87. The van der Waals surface area contributed by atoms with Gasteiger partial charge < -0.3 is 19.0 Å². The fourth-order valence-corrected chi connectivity index (χ4v) is 3.89. The Balaban J connectivity index is 1.46. The first-order valence-corrected chi connectivity index (χ1v) is 9.10. The lowest BCUT2D eigenvalue weighted by Gasteiger charge is -2.28. The van der Waals surface area contributed by atoms with E-state index in [9.17, 15) is 9.59 Å². The van der Waals surface area contributed by atoms with Crippen molar-refractivity contribution in [2.24, 2.45) is 0 Å². The normalized spacial score (nSPS) is 21.1. The minimum Gasteiger partial charge on any atom is -0.497 e. The summed E-state index contributed by atoms with van der Waals surface area (Å²) in [6.45, 7) is 1.49. The first-order chi connectivity index (χ1) is 14.1. The largest absolute Gasteiger partial charge is 0.497 e. The second-order valence-electron chi connectivity index (χ2n) is 7.15. The van der Waals surface area contributed by atoms with E-state index < -0.39 is 17.5 Å². The van der Waals surface area contributed by atoms with E-state index in [1.54, 1.807) is 25.3 Å². The highest BCUT2D eigenvalue weighted by atomic mass is 16.5. The summed E-state index contributed by atoms with van der Waals surface area (Å²) in [5, 5.41) is 9.06. The lowest BCUT2D eigenvalue weighted by molar-refractivity contribution is -0.125.